The smallest absolute Gasteiger partial charge is 0.330 e. The molecule has 0 saturated carbocycles. The SMILES string of the molecule is C=CC(=O)OCC[N+](CC)(CCC)Cc1ccccc1.[Cl-]. The monoisotopic (exact) mass is 311 g/mol. The van der Waals surface area contributed by atoms with E-state index >= 15 is 0 Å². The third-order valence-corrected chi connectivity index (χ3v) is 3.71. The average molecular weight is 312 g/mol. The predicted molar refractivity (Wildman–Crippen MR) is 82.1 cm³/mol. The van der Waals surface area contributed by atoms with Crippen molar-refractivity contribution in [2.75, 3.05) is 26.2 Å². The topological polar surface area (TPSA) is 26.3 Å². The lowest BCUT2D eigenvalue weighted by Crippen LogP contribution is -3.00. The van der Waals surface area contributed by atoms with E-state index in [0.29, 0.717) is 6.61 Å². The molecule has 0 aliphatic carbocycles. The number of hydrogen-bond acceptors (Lipinski definition) is 2. The maximum Gasteiger partial charge on any atom is 0.330 e. The highest BCUT2D eigenvalue weighted by atomic mass is 35.5. The fraction of sp³-hybridized carbons (Fsp3) is 0.471. The number of carbonyl (C=O) groups is 1. The average Bonchev–Trinajstić information content (AvgIpc) is 2.48. The molecule has 0 fully saturated rings. The van der Waals surface area contributed by atoms with E-state index in [-0.39, 0.29) is 18.4 Å². The molecule has 0 N–H and O–H groups in total. The number of rotatable bonds is 9. The first-order valence-corrected chi connectivity index (χ1v) is 7.34. The molecule has 1 rings (SSSR count). The minimum atomic E-state index is -0.338. The van der Waals surface area contributed by atoms with Gasteiger partial charge in [0.15, 0.2) is 0 Å². The number of likely N-dealkylation sites (N-methyl/N-ethyl adjacent to an activating group) is 1. The maximum absolute atomic E-state index is 11.2. The normalized spacial score (nSPS) is 12.9. The fourth-order valence-electron chi connectivity index (χ4n) is 2.54. The molecule has 0 saturated heterocycles. The second kappa shape index (κ2) is 10.4. The van der Waals surface area contributed by atoms with Gasteiger partial charge in [-0.2, -0.15) is 0 Å². The Kier molecular flexibility index (Phi) is 9.76. The van der Waals surface area contributed by atoms with E-state index in [2.05, 4.69) is 44.7 Å². The summed E-state index contributed by atoms with van der Waals surface area (Å²) in [6, 6.07) is 10.5. The van der Waals surface area contributed by atoms with Crippen LogP contribution in [0.3, 0.4) is 0 Å². The van der Waals surface area contributed by atoms with Crippen LogP contribution in [0.15, 0.2) is 43.0 Å². The standard InChI is InChI=1S/C17H26NO2.ClH/c1-4-12-18(6-3,13-14-20-17(19)5-2)15-16-10-8-7-9-11-16;/h5,7-11H,2,4,6,12-15H2,1,3H3;1H/q+1;/p-1. The molecule has 3 nitrogen and oxygen atoms in total. The van der Waals surface area contributed by atoms with Gasteiger partial charge < -0.3 is 21.6 Å². The van der Waals surface area contributed by atoms with Crippen molar-refractivity contribution in [3.63, 3.8) is 0 Å². The van der Waals surface area contributed by atoms with Gasteiger partial charge in [-0.15, -0.1) is 0 Å². The Morgan fingerprint density at radius 3 is 2.43 bits per heavy atom. The van der Waals surface area contributed by atoms with Crippen LogP contribution in [0.5, 0.6) is 0 Å². The number of benzene rings is 1. The molecule has 118 valence electrons. The van der Waals surface area contributed by atoms with Crippen molar-refractivity contribution >= 4 is 5.97 Å². The molecular weight excluding hydrogens is 286 g/mol. The summed E-state index contributed by atoms with van der Waals surface area (Å²) in [5.41, 5.74) is 1.33. The Morgan fingerprint density at radius 1 is 1.24 bits per heavy atom. The van der Waals surface area contributed by atoms with Gasteiger partial charge in [0.1, 0.15) is 19.7 Å². The lowest BCUT2D eigenvalue weighted by Gasteiger charge is -2.37. The van der Waals surface area contributed by atoms with Crippen LogP contribution in [0.2, 0.25) is 0 Å². The molecule has 0 aliphatic rings. The molecule has 0 aliphatic heterocycles. The zero-order chi connectivity index (χ0) is 14.8. The Labute approximate surface area is 134 Å². The van der Waals surface area contributed by atoms with Crippen LogP contribution in [0.25, 0.3) is 0 Å². The van der Waals surface area contributed by atoms with Gasteiger partial charge in [0.25, 0.3) is 0 Å². The van der Waals surface area contributed by atoms with E-state index in [0.717, 1.165) is 37.1 Å². The number of esters is 1. The quantitative estimate of drug-likeness (QED) is 0.369. The summed E-state index contributed by atoms with van der Waals surface area (Å²) in [6.07, 6.45) is 2.34. The minimum absolute atomic E-state index is 0. The zero-order valence-electron chi connectivity index (χ0n) is 13.1. The molecule has 1 unspecified atom stereocenters. The summed E-state index contributed by atoms with van der Waals surface area (Å²) in [6.45, 7) is 12.2. The van der Waals surface area contributed by atoms with Crippen molar-refractivity contribution in [3.05, 3.63) is 48.6 Å². The lowest BCUT2D eigenvalue weighted by atomic mass is 10.1. The molecule has 0 aromatic heterocycles. The van der Waals surface area contributed by atoms with E-state index in [1.54, 1.807) is 0 Å². The Morgan fingerprint density at radius 2 is 1.90 bits per heavy atom. The van der Waals surface area contributed by atoms with Crippen LogP contribution >= 0.6 is 0 Å². The van der Waals surface area contributed by atoms with Crippen LogP contribution in [-0.4, -0.2) is 36.7 Å². The van der Waals surface area contributed by atoms with Crippen LogP contribution in [0.1, 0.15) is 25.8 Å². The van der Waals surface area contributed by atoms with Gasteiger partial charge >= 0.3 is 5.97 Å². The largest absolute Gasteiger partial charge is 1.00 e. The van der Waals surface area contributed by atoms with E-state index in [4.69, 9.17) is 4.74 Å². The second-order valence-electron chi connectivity index (χ2n) is 5.12. The third-order valence-electron chi connectivity index (χ3n) is 3.71. The number of hydrogen-bond donors (Lipinski definition) is 0. The van der Waals surface area contributed by atoms with Crippen LogP contribution in [0, 0.1) is 0 Å². The molecule has 1 aromatic carbocycles. The van der Waals surface area contributed by atoms with E-state index < -0.39 is 0 Å². The summed E-state index contributed by atoms with van der Waals surface area (Å²) in [4.78, 5) is 11.2. The number of quaternary nitrogens is 1. The summed E-state index contributed by atoms with van der Waals surface area (Å²) >= 11 is 0. The van der Waals surface area contributed by atoms with Gasteiger partial charge in [-0.25, -0.2) is 4.79 Å². The van der Waals surface area contributed by atoms with Crippen molar-refractivity contribution in [1.29, 1.82) is 0 Å². The highest BCUT2D eigenvalue weighted by Gasteiger charge is 2.25. The Hall–Kier alpha value is -1.32. The van der Waals surface area contributed by atoms with Crippen LogP contribution in [0.4, 0.5) is 0 Å². The lowest BCUT2D eigenvalue weighted by molar-refractivity contribution is -0.939. The third kappa shape index (κ3) is 6.78. The summed E-state index contributed by atoms with van der Waals surface area (Å²) < 4.78 is 6.11. The Bertz CT molecular complexity index is 422. The predicted octanol–water partition coefficient (Wildman–Crippen LogP) is 0.167. The first-order chi connectivity index (χ1) is 9.65. The van der Waals surface area contributed by atoms with E-state index in [1.165, 1.54) is 11.6 Å². The molecule has 0 radical (unpaired) electrons. The van der Waals surface area contributed by atoms with Crippen LogP contribution in [-0.2, 0) is 16.1 Å². The molecule has 0 heterocycles. The van der Waals surface area contributed by atoms with E-state index in [9.17, 15) is 4.79 Å². The van der Waals surface area contributed by atoms with Crippen molar-refractivity contribution in [3.8, 4) is 0 Å². The summed E-state index contributed by atoms with van der Waals surface area (Å²) in [7, 11) is 0. The molecule has 1 atom stereocenters. The molecule has 1 aromatic rings. The van der Waals surface area contributed by atoms with Gasteiger partial charge in [0.05, 0.1) is 13.1 Å². The number of carbonyl (C=O) groups excluding carboxylic acids is 1. The molecule has 21 heavy (non-hydrogen) atoms. The first-order valence-electron chi connectivity index (χ1n) is 7.34. The number of ether oxygens (including phenoxy) is 1. The zero-order valence-corrected chi connectivity index (χ0v) is 13.8. The highest BCUT2D eigenvalue weighted by Crippen LogP contribution is 2.15. The second-order valence-corrected chi connectivity index (χ2v) is 5.12. The van der Waals surface area contributed by atoms with Gasteiger partial charge in [-0.05, 0) is 13.3 Å². The highest BCUT2D eigenvalue weighted by molar-refractivity contribution is 5.81. The van der Waals surface area contributed by atoms with Crippen molar-refractivity contribution in [2.24, 2.45) is 0 Å². The van der Waals surface area contributed by atoms with Gasteiger partial charge in [-0.3, -0.25) is 0 Å². The van der Waals surface area contributed by atoms with Crippen molar-refractivity contribution in [1.82, 2.24) is 0 Å². The number of halogens is 1. The molecule has 0 bridgehead atoms. The van der Waals surface area contributed by atoms with Gasteiger partial charge in [-0.1, -0.05) is 43.8 Å². The van der Waals surface area contributed by atoms with Gasteiger partial charge in [0, 0.05) is 11.6 Å². The van der Waals surface area contributed by atoms with Crippen molar-refractivity contribution in [2.45, 2.75) is 26.8 Å². The molecular formula is C17H26ClNO2. The van der Waals surface area contributed by atoms with Crippen molar-refractivity contribution < 1.29 is 26.4 Å². The fourth-order valence-corrected chi connectivity index (χ4v) is 2.54. The number of nitrogens with zero attached hydrogens (tertiary/aromatic N) is 1. The molecule has 4 heteroatoms. The first kappa shape index (κ1) is 19.7. The van der Waals surface area contributed by atoms with Gasteiger partial charge in [0.2, 0.25) is 0 Å². The minimum Gasteiger partial charge on any atom is -1.00 e. The molecule has 0 amide bonds. The Balaban J connectivity index is 0.00000400. The molecule has 0 spiro atoms. The van der Waals surface area contributed by atoms with Crippen LogP contribution < -0.4 is 12.4 Å². The maximum atomic E-state index is 11.2. The summed E-state index contributed by atoms with van der Waals surface area (Å²) in [5, 5.41) is 0. The van der Waals surface area contributed by atoms with E-state index in [1.807, 2.05) is 6.07 Å². The summed E-state index contributed by atoms with van der Waals surface area (Å²) in [5.74, 6) is -0.338.